The van der Waals surface area contributed by atoms with Gasteiger partial charge in [-0.25, -0.2) is 4.79 Å². The van der Waals surface area contributed by atoms with E-state index in [-0.39, 0.29) is 29.8 Å². The lowest BCUT2D eigenvalue weighted by molar-refractivity contribution is -0.142. The quantitative estimate of drug-likeness (QED) is 0.627. The zero-order chi connectivity index (χ0) is 15.2. The molecule has 0 saturated heterocycles. The number of hydrogen-bond donors (Lipinski definition) is 3. The molecule has 0 saturated carbocycles. The summed E-state index contributed by atoms with van der Waals surface area (Å²) in [6.45, 7) is 11.7. The molecule has 0 fully saturated rings. The van der Waals surface area contributed by atoms with Gasteiger partial charge in [-0.05, 0) is 18.3 Å². The van der Waals surface area contributed by atoms with Crippen LogP contribution in [0.5, 0.6) is 0 Å². The molecule has 0 aliphatic rings. The molecule has 0 aliphatic carbocycles. The van der Waals surface area contributed by atoms with Crippen molar-refractivity contribution >= 4 is 11.9 Å². The minimum absolute atomic E-state index is 0.107. The normalized spacial score (nSPS) is 14.8. The number of carboxylic acids is 1. The fourth-order valence-corrected chi connectivity index (χ4v) is 1.88. The molecule has 0 heterocycles. The summed E-state index contributed by atoms with van der Waals surface area (Å²) in [5, 5.41) is 14.9. The van der Waals surface area contributed by atoms with Gasteiger partial charge >= 0.3 is 5.97 Å². The van der Waals surface area contributed by atoms with Gasteiger partial charge in [0.25, 0.3) is 0 Å². The molecule has 0 aromatic carbocycles. The van der Waals surface area contributed by atoms with Crippen molar-refractivity contribution in [1.82, 2.24) is 10.6 Å². The Balaban J connectivity index is 4.71. The molecule has 1 amide bonds. The molecule has 0 rings (SSSR count). The van der Waals surface area contributed by atoms with E-state index in [0.29, 0.717) is 6.42 Å². The van der Waals surface area contributed by atoms with E-state index in [0.717, 1.165) is 0 Å². The van der Waals surface area contributed by atoms with Gasteiger partial charge in [-0.2, -0.15) is 0 Å². The van der Waals surface area contributed by atoms with Crippen LogP contribution in [0.1, 0.15) is 48.0 Å². The lowest BCUT2D eigenvalue weighted by atomic mass is 10.00. The number of carbonyl (C=O) groups excluding carboxylic acids is 1. The summed E-state index contributed by atoms with van der Waals surface area (Å²) in [5.41, 5.74) is 0. The molecule has 0 spiro atoms. The molecule has 0 radical (unpaired) electrons. The first-order chi connectivity index (χ1) is 8.65. The van der Waals surface area contributed by atoms with Gasteiger partial charge < -0.3 is 15.7 Å². The largest absolute Gasteiger partial charge is 0.480 e. The Morgan fingerprint density at radius 2 is 1.58 bits per heavy atom. The van der Waals surface area contributed by atoms with Gasteiger partial charge in [0.15, 0.2) is 0 Å². The van der Waals surface area contributed by atoms with Crippen LogP contribution in [0.25, 0.3) is 0 Å². The molecular weight excluding hydrogens is 244 g/mol. The first-order valence-electron chi connectivity index (χ1n) is 6.94. The van der Waals surface area contributed by atoms with Crippen molar-refractivity contribution in [2.24, 2.45) is 11.8 Å². The highest BCUT2D eigenvalue weighted by Gasteiger charge is 2.27. The molecule has 0 aliphatic heterocycles. The number of nitrogens with one attached hydrogen (secondary N) is 2. The maximum Gasteiger partial charge on any atom is 0.326 e. The van der Waals surface area contributed by atoms with Gasteiger partial charge in [0.05, 0.1) is 6.04 Å². The first kappa shape index (κ1) is 17.9. The summed E-state index contributed by atoms with van der Waals surface area (Å²) >= 11 is 0. The lowest BCUT2D eigenvalue weighted by Crippen LogP contribution is -2.54. The summed E-state index contributed by atoms with van der Waals surface area (Å²) in [7, 11) is 0. The SMILES string of the molecule is CC(C)C[C@H](NC(=O)[C@@H](NC(C)C)C(C)C)C(=O)O. The van der Waals surface area contributed by atoms with Crippen LogP contribution in [0, 0.1) is 11.8 Å². The Hall–Kier alpha value is -1.10. The Morgan fingerprint density at radius 1 is 1.05 bits per heavy atom. The summed E-state index contributed by atoms with van der Waals surface area (Å²) in [6.07, 6.45) is 0.438. The minimum atomic E-state index is -0.978. The molecular formula is C14H28N2O3. The smallest absolute Gasteiger partial charge is 0.326 e. The first-order valence-corrected chi connectivity index (χ1v) is 6.94. The van der Waals surface area contributed by atoms with E-state index < -0.39 is 12.0 Å². The van der Waals surface area contributed by atoms with Crippen LogP contribution in [0.15, 0.2) is 0 Å². The predicted octanol–water partition coefficient (Wildman–Crippen LogP) is 1.62. The maximum absolute atomic E-state index is 12.2. The number of aliphatic carboxylic acids is 1. The number of hydrogen-bond acceptors (Lipinski definition) is 3. The van der Waals surface area contributed by atoms with Crippen molar-refractivity contribution in [2.75, 3.05) is 0 Å². The van der Waals surface area contributed by atoms with E-state index in [1.165, 1.54) is 0 Å². The van der Waals surface area contributed by atoms with Crippen molar-refractivity contribution < 1.29 is 14.7 Å². The van der Waals surface area contributed by atoms with Crippen LogP contribution >= 0.6 is 0 Å². The van der Waals surface area contributed by atoms with Gasteiger partial charge in [-0.1, -0.05) is 41.5 Å². The summed E-state index contributed by atoms with van der Waals surface area (Å²) in [5.74, 6) is -0.890. The average Bonchev–Trinajstić information content (AvgIpc) is 2.23. The van der Waals surface area contributed by atoms with Crippen molar-refractivity contribution in [3.05, 3.63) is 0 Å². The van der Waals surface area contributed by atoms with E-state index in [1.54, 1.807) is 0 Å². The Morgan fingerprint density at radius 3 is 1.89 bits per heavy atom. The number of carbonyl (C=O) groups is 2. The Labute approximate surface area is 116 Å². The minimum Gasteiger partial charge on any atom is -0.480 e. The average molecular weight is 272 g/mol. The molecule has 2 atom stereocenters. The van der Waals surface area contributed by atoms with Crippen LogP contribution in [0.4, 0.5) is 0 Å². The number of rotatable bonds is 8. The molecule has 0 aromatic rings. The third-order valence-corrected chi connectivity index (χ3v) is 2.78. The number of amides is 1. The van der Waals surface area contributed by atoms with E-state index in [1.807, 2.05) is 41.5 Å². The maximum atomic E-state index is 12.2. The van der Waals surface area contributed by atoms with E-state index in [4.69, 9.17) is 5.11 Å². The van der Waals surface area contributed by atoms with Crippen LogP contribution in [-0.4, -0.2) is 35.1 Å². The molecule has 3 N–H and O–H groups in total. The standard InChI is InChI=1S/C14H28N2O3/c1-8(2)7-11(14(18)19)16-13(17)12(9(3)4)15-10(5)6/h8-12,15H,7H2,1-6H3,(H,16,17)(H,18,19)/t11-,12-/m0/s1. The second kappa shape index (κ2) is 8.15. The zero-order valence-corrected chi connectivity index (χ0v) is 12.9. The van der Waals surface area contributed by atoms with Gasteiger partial charge in [0, 0.05) is 6.04 Å². The second-order valence-corrected chi connectivity index (χ2v) is 6.07. The summed E-state index contributed by atoms with van der Waals surface area (Å²) < 4.78 is 0. The van der Waals surface area contributed by atoms with Gasteiger partial charge in [0.2, 0.25) is 5.91 Å². The van der Waals surface area contributed by atoms with Crippen molar-refractivity contribution in [3.8, 4) is 0 Å². The summed E-state index contributed by atoms with van der Waals surface area (Å²) in [4.78, 5) is 23.3. The fraction of sp³-hybridized carbons (Fsp3) is 0.857. The van der Waals surface area contributed by atoms with E-state index in [9.17, 15) is 9.59 Å². The van der Waals surface area contributed by atoms with Crippen molar-refractivity contribution in [1.29, 1.82) is 0 Å². The van der Waals surface area contributed by atoms with Crippen LogP contribution in [0.3, 0.4) is 0 Å². The predicted molar refractivity (Wildman–Crippen MR) is 75.9 cm³/mol. The van der Waals surface area contributed by atoms with Crippen molar-refractivity contribution in [2.45, 2.75) is 66.1 Å². The Kier molecular flexibility index (Phi) is 7.68. The van der Waals surface area contributed by atoms with Crippen LogP contribution < -0.4 is 10.6 Å². The molecule has 0 aromatic heterocycles. The van der Waals surface area contributed by atoms with Crippen molar-refractivity contribution in [3.63, 3.8) is 0 Å². The zero-order valence-electron chi connectivity index (χ0n) is 12.9. The van der Waals surface area contributed by atoms with E-state index in [2.05, 4.69) is 10.6 Å². The fourth-order valence-electron chi connectivity index (χ4n) is 1.88. The van der Waals surface area contributed by atoms with Crippen LogP contribution in [-0.2, 0) is 9.59 Å². The lowest BCUT2D eigenvalue weighted by Gasteiger charge is -2.26. The van der Waals surface area contributed by atoms with E-state index >= 15 is 0 Å². The monoisotopic (exact) mass is 272 g/mol. The Bertz CT molecular complexity index is 301. The molecule has 5 nitrogen and oxygen atoms in total. The second-order valence-electron chi connectivity index (χ2n) is 6.07. The van der Waals surface area contributed by atoms with Crippen LogP contribution in [0.2, 0.25) is 0 Å². The third-order valence-electron chi connectivity index (χ3n) is 2.78. The summed E-state index contributed by atoms with van der Waals surface area (Å²) in [6, 6.07) is -1.01. The highest BCUT2D eigenvalue weighted by Crippen LogP contribution is 2.08. The van der Waals surface area contributed by atoms with Gasteiger partial charge in [0.1, 0.15) is 6.04 Å². The highest BCUT2D eigenvalue weighted by atomic mass is 16.4. The highest BCUT2D eigenvalue weighted by molar-refractivity contribution is 5.87. The molecule has 112 valence electrons. The van der Waals surface area contributed by atoms with Gasteiger partial charge in [-0.15, -0.1) is 0 Å². The number of carboxylic acid groups (broad SMARTS) is 1. The molecule has 19 heavy (non-hydrogen) atoms. The molecule has 0 bridgehead atoms. The molecule has 5 heteroatoms. The molecule has 0 unspecified atom stereocenters. The topological polar surface area (TPSA) is 78.4 Å². The third kappa shape index (κ3) is 7.15. The van der Waals surface area contributed by atoms with Gasteiger partial charge in [-0.3, -0.25) is 4.79 Å².